The summed E-state index contributed by atoms with van der Waals surface area (Å²) in [6.45, 7) is 17.0. The summed E-state index contributed by atoms with van der Waals surface area (Å²) in [6, 6.07) is -0.638. The first-order chi connectivity index (χ1) is 21.7. The average Bonchev–Trinajstić information content (AvgIpc) is 3.39. The SMILES string of the molecule is CC1CC[N+](=C2CN(c3ncc(OCCC(C)C4CCN(C(=O)N=C(N)C(C)C)CC4)cn3)CC2NC(=O)OC(C)(C)C)C(=O)C1. The van der Waals surface area contributed by atoms with Crippen molar-refractivity contribution in [3.63, 3.8) is 0 Å². The zero-order chi connectivity index (χ0) is 33.6. The summed E-state index contributed by atoms with van der Waals surface area (Å²) in [4.78, 5) is 55.0. The number of amidine groups is 1. The van der Waals surface area contributed by atoms with Gasteiger partial charge < -0.3 is 30.3 Å². The molecule has 0 saturated carbocycles. The van der Waals surface area contributed by atoms with Crippen LogP contribution < -0.4 is 20.7 Å². The van der Waals surface area contributed by atoms with E-state index < -0.39 is 17.7 Å². The summed E-state index contributed by atoms with van der Waals surface area (Å²) in [6.07, 6.45) is 6.97. The molecule has 0 aliphatic carbocycles. The molecule has 3 fully saturated rings. The standard InChI is InChI=1S/C33H52N8O5/c1-21(2)29(34)38-31(43)39-12-9-24(10-13-39)23(4)11-15-45-25-17-35-30(36-18-25)40-19-26(37-32(44)46-33(5,6)7)27(20-40)41-14-8-22(3)16-28(41)42/h17-18,21-24,26H,8-16,19-20H2,1-7H3,(H2-,34,37,38,43,44)/p+1. The largest absolute Gasteiger partial charge is 0.490 e. The predicted octanol–water partition coefficient (Wildman–Crippen LogP) is 3.85. The van der Waals surface area contributed by atoms with Crippen molar-refractivity contribution in [2.75, 3.05) is 44.2 Å². The lowest BCUT2D eigenvalue weighted by atomic mass is 9.84. The van der Waals surface area contributed by atoms with Crippen LogP contribution in [-0.2, 0) is 9.53 Å². The molecule has 1 aromatic rings. The zero-order valence-electron chi connectivity index (χ0n) is 28.6. The number of aliphatic imine (C=N–C) groups is 1. The van der Waals surface area contributed by atoms with E-state index in [4.69, 9.17) is 15.2 Å². The number of carbonyl (C=O) groups is 3. The molecular weight excluding hydrogens is 588 g/mol. The molecule has 46 heavy (non-hydrogen) atoms. The van der Waals surface area contributed by atoms with Gasteiger partial charge in [0.05, 0.1) is 32.0 Å². The van der Waals surface area contributed by atoms with E-state index in [0.29, 0.717) is 81.0 Å². The maximum Gasteiger partial charge on any atom is 0.408 e. The number of carbonyl (C=O) groups excluding carboxylic acids is 3. The van der Waals surface area contributed by atoms with Crippen LogP contribution in [0.25, 0.3) is 0 Å². The number of nitrogens with one attached hydrogen (secondary N) is 1. The van der Waals surface area contributed by atoms with Gasteiger partial charge in [0.25, 0.3) is 0 Å². The minimum Gasteiger partial charge on any atom is -0.490 e. The second kappa shape index (κ2) is 15.2. The van der Waals surface area contributed by atoms with E-state index in [1.54, 1.807) is 17.3 Å². The molecule has 13 nitrogen and oxygen atoms in total. The lowest BCUT2D eigenvalue weighted by Gasteiger charge is -2.34. The van der Waals surface area contributed by atoms with Crippen LogP contribution in [0, 0.1) is 23.7 Å². The molecule has 0 radical (unpaired) electrons. The minimum absolute atomic E-state index is 0.0515. The number of anilines is 1. The number of rotatable bonds is 8. The Balaban J connectivity index is 1.30. The molecule has 0 bridgehead atoms. The number of hydrogen-bond acceptors (Lipinski definition) is 8. The Morgan fingerprint density at radius 2 is 1.83 bits per heavy atom. The smallest absolute Gasteiger partial charge is 0.408 e. The number of nitrogens with zero attached hydrogens (tertiary/aromatic N) is 6. The van der Waals surface area contributed by atoms with E-state index in [1.165, 1.54) is 0 Å². The highest BCUT2D eigenvalue weighted by molar-refractivity contribution is 5.98. The summed E-state index contributed by atoms with van der Waals surface area (Å²) in [7, 11) is 0. The van der Waals surface area contributed by atoms with Gasteiger partial charge in [-0.15, -0.1) is 0 Å². The van der Waals surface area contributed by atoms with Crippen molar-refractivity contribution in [3.8, 4) is 5.75 Å². The summed E-state index contributed by atoms with van der Waals surface area (Å²) in [5, 5.41) is 2.97. The molecule has 3 atom stereocenters. The lowest BCUT2D eigenvalue weighted by molar-refractivity contribution is -0.461. The minimum atomic E-state index is -0.633. The fourth-order valence-corrected chi connectivity index (χ4v) is 6.10. The third-order valence-electron chi connectivity index (χ3n) is 9.04. The third kappa shape index (κ3) is 9.62. The zero-order valence-corrected chi connectivity index (χ0v) is 28.6. The van der Waals surface area contributed by atoms with Crippen LogP contribution in [0.1, 0.15) is 80.6 Å². The Labute approximate surface area is 273 Å². The molecule has 4 rings (SSSR count). The molecule has 3 unspecified atom stereocenters. The molecule has 4 heterocycles. The second-order valence-corrected chi connectivity index (χ2v) is 14.3. The maximum absolute atomic E-state index is 13.0. The molecule has 3 N–H and O–H groups in total. The number of urea groups is 1. The Hall–Kier alpha value is -3.77. The summed E-state index contributed by atoms with van der Waals surface area (Å²) in [5.41, 5.74) is 6.07. The first kappa shape index (κ1) is 35.1. The van der Waals surface area contributed by atoms with Crippen molar-refractivity contribution in [2.45, 2.75) is 92.2 Å². The van der Waals surface area contributed by atoms with Crippen LogP contribution in [-0.4, -0.2) is 100.0 Å². The monoisotopic (exact) mass is 641 g/mol. The number of hydrogen-bond donors (Lipinski definition) is 2. The molecule has 3 aliphatic rings. The van der Waals surface area contributed by atoms with Gasteiger partial charge in [0.15, 0.2) is 12.3 Å². The van der Waals surface area contributed by atoms with Crippen molar-refractivity contribution in [1.29, 1.82) is 0 Å². The van der Waals surface area contributed by atoms with E-state index in [2.05, 4.69) is 34.1 Å². The van der Waals surface area contributed by atoms with Crippen LogP contribution in [0.5, 0.6) is 5.75 Å². The summed E-state index contributed by atoms with van der Waals surface area (Å²) < 4.78 is 13.3. The number of likely N-dealkylation sites (tertiary alicyclic amines) is 1. The van der Waals surface area contributed by atoms with Crippen LogP contribution >= 0.6 is 0 Å². The van der Waals surface area contributed by atoms with Crippen molar-refractivity contribution < 1.29 is 28.4 Å². The predicted molar refractivity (Wildman–Crippen MR) is 176 cm³/mol. The molecule has 13 heteroatoms. The van der Waals surface area contributed by atoms with Gasteiger partial charge in [0.2, 0.25) is 11.7 Å². The van der Waals surface area contributed by atoms with E-state index in [1.807, 2.05) is 44.1 Å². The second-order valence-electron chi connectivity index (χ2n) is 14.3. The van der Waals surface area contributed by atoms with Gasteiger partial charge in [-0.05, 0) is 57.8 Å². The topological polar surface area (TPSA) is 155 Å². The van der Waals surface area contributed by atoms with Gasteiger partial charge in [-0.3, -0.25) is 0 Å². The molecule has 1 aromatic heterocycles. The van der Waals surface area contributed by atoms with Gasteiger partial charge in [-0.2, -0.15) is 9.57 Å². The average molecular weight is 642 g/mol. The van der Waals surface area contributed by atoms with Crippen molar-refractivity contribution >= 4 is 35.5 Å². The van der Waals surface area contributed by atoms with Gasteiger partial charge in [-0.25, -0.2) is 24.4 Å². The number of nitrogens with two attached hydrogens (primary N) is 1. The highest BCUT2D eigenvalue weighted by Crippen LogP contribution is 2.28. The molecule has 3 saturated heterocycles. The first-order valence-electron chi connectivity index (χ1n) is 16.7. The Morgan fingerprint density at radius 3 is 2.43 bits per heavy atom. The van der Waals surface area contributed by atoms with Crippen molar-refractivity contribution in [3.05, 3.63) is 12.4 Å². The molecule has 0 spiro atoms. The first-order valence-corrected chi connectivity index (χ1v) is 16.7. The normalized spacial score (nSPS) is 23.9. The quantitative estimate of drug-likeness (QED) is 0.245. The highest BCUT2D eigenvalue weighted by Gasteiger charge is 2.42. The highest BCUT2D eigenvalue weighted by atomic mass is 16.6. The van der Waals surface area contributed by atoms with Crippen LogP contribution in [0.15, 0.2) is 17.4 Å². The molecule has 0 aromatic carbocycles. The van der Waals surface area contributed by atoms with E-state index in [-0.39, 0.29) is 17.9 Å². The van der Waals surface area contributed by atoms with Crippen LogP contribution in [0.4, 0.5) is 15.5 Å². The Kier molecular flexibility index (Phi) is 11.6. The molecule has 3 aliphatic heterocycles. The third-order valence-corrected chi connectivity index (χ3v) is 9.04. The maximum atomic E-state index is 13.0. The molecule has 254 valence electrons. The number of alkyl carbamates (subject to hydrolysis) is 1. The summed E-state index contributed by atoms with van der Waals surface area (Å²) >= 11 is 0. The Bertz CT molecular complexity index is 1300. The van der Waals surface area contributed by atoms with Crippen molar-refractivity contribution in [1.82, 2.24) is 20.2 Å². The number of ether oxygens (including phenoxy) is 2. The Morgan fingerprint density at radius 1 is 1.15 bits per heavy atom. The van der Waals surface area contributed by atoms with E-state index in [0.717, 1.165) is 31.4 Å². The number of aromatic nitrogens is 2. The number of piperidine rings is 2. The van der Waals surface area contributed by atoms with E-state index >= 15 is 0 Å². The fraction of sp³-hybridized carbons (Fsp3) is 0.727. The summed E-state index contributed by atoms with van der Waals surface area (Å²) in [5.74, 6) is 2.89. The van der Waals surface area contributed by atoms with Crippen LogP contribution in [0.3, 0.4) is 0 Å². The number of amides is 4. The van der Waals surface area contributed by atoms with E-state index in [9.17, 15) is 14.4 Å². The van der Waals surface area contributed by atoms with Gasteiger partial charge in [0, 0.05) is 25.4 Å². The van der Waals surface area contributed by atoms with Gasteiger partial charge >= 0.3 is 18.0 Å². The van der Waals surface area contributed by atoms with Crippen molar-refractivity contribution in [2.24, 2.45) is 34.4 Å². The lowest BCUT2D eigenvalue weighted by Crippen LogP contribution is -2.48. The molecular formula is C33H53N8O5+. The molecule has 4 amide bonds. The van der Waals surface area contributed by atoms with Gasteiger partial charge in [0.1, 0.15) is 24.0 Å². The van der Waals surface area contributed by atoms with Gasteiger partial charge in [-0.1, -0.05) is 27.7 Å². The fourth-order valence-electron chi connectivity index (χ4n) is 6.10. The van der Waals surface area contributed by atoms with Crippen LogP contribution in [0.2, 0.25) is 0 Å².